The molecule has 0 saturated carbocycles. The van der Waals surface area contributed by atoms with Crippen LogP contribution in [0.15, 0.2) is 0 Å². The van der Waals surface area contributed by atoms with E-state index in [9.17, 15) is 43.2 Å². The van der Waals surface area contributed by atoms with Gasteiger partial charge < -0.3 is 33.8 Å². The van der Waals surface area contributed by atoms with Crippen molar-refractivity contribution in [1.82, 2.24) is 0 Å². The van der Waals surface area contributed by atoms with Gasteiger partial charge in [-0.2, -0.15) is 0 Å². The number of phosphoric ester groups is 2. The standard InChI is InChI=1S/C76H148O17P2/c1-6-9-12-15-18-20-22-24-26-28-30-31-32-34-36-38-40-42-45-51-56-61-75(80)92-71(66-87-74(79)60-55-50-44-41-39-37-35-33-29-27-25-23-21-19-16-13-10-7-2)67-90-94(82,83)88-63-70(77)64-89-95(84,85)91-68-72(65-86-73(78)59-54-49-43-17-14-11-8-3)93-76(81)62-57-52-47-46-48-53-58-69(4)5/h69-72,77H,6-68H2,1-5H3,(H,82,83)(H,84,85)/t70-,71-,72-/m1/s1. The van der Waals surface area contributed by atoms with Gasteiger partial charge in [-0.25, -0.2) is 9.13 Å². The van der Waals surface area contributed by atoms with E-state index in [0.29, 0.717) is 31.6 Å². The molecule has 2 unspecified atom stereocenters. The number of ether oxygens (including phenoxy) is 4. The third-order valence-electron chi connectivity index (χ3n) is 17.8. The van der Waals surface area contributed by atoms with Crippen LogP contribution in [0.1, 0.15) is 401 Å². The van der Waals surface area contributed by atoms with E-state index in [2.05, 4.69) is 34.6 Å². The van der Waals surface area contributed by atoms with E-state index in [1.165, 1.54) is 212 Å². The van der Waals surface area contributed by atoms with E-state index >= 15 is 0 Å². The average Bonchev–Trinajstić information content (AvgIpc) is 3.75. The lowest BCUT2D eigenvalue weighted by molar-refractivity contribution is -0.161. The summed E-state index contributed by atoms with van der Waals surface area (Å²) in [6, 6.07) is 0. The van der Waals surface area contributed by atoms with Crippen LogP contribution in [0.3, 0.4) is 0 Å². The number of aliphatic hydroxyl groups is 1. The zero-order valence-corrected chi connectivity index (χ0v) is 63.6. The first-order valence-corrected chi connectivity index (χ1v) is 42.6. The maximum absolute atomic E-state index is 13.1. The molecule has 0 fully saturated rings. The predicted octanol–water partition coefficient (Wildman–Crippen LogP) is 22.5. The molecule has 0 bridgehead atoms. The number of hydrogen-bond donors (Lipinski definition) is 3. The van der Waals surface area contributed by atoms with E-state index in [-0.39, 0.29) is 25.7 Å². The minimum Gasteiger partial charge on any atom is -0.462 e. The van der Waals surface area contributed by atoms with Crippen LogP contribution < -0.4 is 0 Å². The molecule has 19 heteroatoms. The molecule has 0 aromatic rings. The highest BCUT2D eigenvalue weighted by molar-refractivity contribution is 7.47. The first-order chi connectivity index (χ1) is 46.0. The van der Waals surface area contributed by atoms with Gasteiger partial charge in [0.2, 0.25) is 0 Å². The summed E-state index contributed by atoms with van der Waals surface area (Å²) >= 11 is 0. The van der Waals surface area contributed by atoms with Gasteiger partial charge in [0.1, 0.15) is 19.3 Å². The molecule has 564 valence electrons. The van der Waals surface area contributed by atoms with Crippen molar-refractivity contribution in [1.29, 1.82) is 0 Å². The number of hydrogen-bond acceptors (Lipinski definition) is 15. The maximum atomic E-state index is 13.1. The second-order valence-electron chi connectivity index (χ2n) is 27.9. The van der Waals surface area contributed by atoms with Crippen molar-refractivity contribution in [2.24, 2.45) is 5.92 Å². The normalized spacial score (nSPS) is 13.9. The molecule has 3 N–H and O–H groups in total. The van der Waals surface area contributed by atoms with Crippen molar-refractivity contribution < 1.29 is 80.2 Å². The van der Waals surface area contributed by atoms with Gasteiger partial charge in [-0.15, -0.1) is 0 Å². The Hall–Kier alpha value is -1.94. The van der Waals surface area contributed by atoms with Gasteiger partial charge in [0.25, 0.3) is 0 Å². The Morgan fingerprint density at radius 1 is 0.284 bits per heavy atom. The molecule has 0 spiro atoms. The van der Waals surface area contributed by atoms with Crippen LogP contribution >= 0.6 is 15.6 Å². The Labute approximate surface area is 581 Å². The summed E-state index contributed by atoms with van der Waals surface area (Å²) in [5.74, 6) is -1.46. The summed E-state index contributed by atoms with van der Waals surface area (Å²) in [7, 11) is -9.90. The lowest BCUT2D eigenvalue weighted by Gasteiger charge is -2.21. The van der Waals surface area contributed by atoms with Crippen LogP contribution in [-0.2, 0) is 65.4 Å². The number of carbonyl (C=O) groups excluding carboxylic acids is 4. The summed E-state index contributed by atoms with van der Waals surface area (Å²) in [5, 5.41) is 10.6. The summed E-state index contributed by atoms with van der Waals surface area (Å²) in [5.41, 5.74) is 0. The Morgan fingerprint density at radius 3 is 0.716 bits per heavy atom. The zero-order chi connectivity index (χ0) is 69.8. The summed E-state index contributed by atoms with van der Waals surface area (Å²) in [6.07, 6.45) is 58.9. The van der Waals surface area contributed by atoms with Gasteiger partial charge in [0.05, 0.1) is 26.4 Å². The Kier molecular flexibility index (Phi) is 67.7. The molecule has 0 aromatic heterocycles. The highest BCUT2D eigenvalue weighted by atomic mass is 31.2. The number of carbonyl (C=O) groups is 4. The topological polar surface area (TPSA) is 237 Å². The Bertz CT molecular complexity index is 1820. The maximum Gasteiger partial charge on any atom is 0.472 e. The second kappa shape index (κ2) is 69.2. The van der Waals surface area contributed by atoms with Crippen LogP contribution in [0.25, 0.3) is 0 Å². The molecule has 0 aliphatic carbocycles. The van der Waals surface area contributed by atoms with Crippen LogP contribution in [0.5, 0.6) is 0 Å². The fourth-order valence-corrected chi connectivity index (χ4v) is 13.3. The van der Waals surface area contributed by atoms with Crippen LogP contribution in [0, 0.1) is 5.92 Å². The first-order valence-electron chi connectivity index (χ1n) is 39.6. The van der Waals surface area contributed by atoms with Crippen molar-refractivity contribution in [2.75, 3.05) is 39.6 Å². The van der Waals surface area contributed by atoms with Crippen molar-refractivity contribution in [3.05, 3.63) is 0 Å². The van der Waals surface area contributed by atoms with Gasteiger partial charge in [-0.1, -0.05) is 349 Å². The molecular weight excluding hydrogens is 1250 g/mol. The van der Waals surface area contributed by atoms with Gasteiger partial charge in [0.15, 0.2) is 12.2 Å². The lowest BCUT2D eigenvalue weighted by Crippen LogP contribution is -2.30. The van der Waals surface area contributed by atoms with Crippen molar-refractivity contribution in [3.63, 3.8) is 0 Å². The van der Waals surface area contributed by atoms with Crippen molar-refractivity contribution in [2.45, 2.75) is 419 Å². The molecule has 0 rings (SSSR count). The molecule has 0 saturated heterocycles. The van der Waals surface area contributed by atoms with E-state index in [1.807, 2.05) is 0 Å². The SMILES string of the molecule is CCCCCCCCCCCCCCCCCCCCCCCC(=O)O[C@H](COC(=O)CCCCCCCCCCCCCCCCCCCC)COP(=O)(O)OC[C@@H](O)COP(=O)(O)OC[C@@H](COC(=O)CCCCCCCCC)OC(=O)CCCCCCCCC(C)C. The molecule has 5 atom stereocenters. The first kappa shape index (κ1) is 93.1. The molecular formula is C76H148O17P2. The molecule has 17 nitrogen and oxygen atoms in total. The highest BCUT2D eigenvalue weighted by Crippen LogP contribution is 2.45. The van der Waals surface area contributed by atoms with Gasteiger partial charge >= 0.3 is 39.5 Å². The van der Waals surface area contributed by atoms with E-state index < -0.39 is 97.5 Å². The largest absolute Gasteiger partial charge is 0.472 e. The van der Waals surface area contributed by atoms with E-state index in [4.69, 9.17) is 37.0 Å². The number of esters is 4. The lowest BCUT2D eigenvalue weighted by atomic mass is 10.0. The molecule has 95 heavy (non-hydrogen) atoms. The summed E-state index contributed by atoms with van der Waals surface area (Å²) in [6.45, 7) is 7.15. The summed E-state index contributed by atoms with van der Waals surface area (Å²) in [4.78, 5) is 72.6. The fraction of sp³-hybridized carbons (Fsp3) is 0.947. The smallest absolute Gasteiger partial charge is 0.462 e. The predicted molar refractivity (Wildman–Crippen MR) is 386 cm³/mol. The van der Waals surface area contributed by atoms with Gasteiger partial charge in [0, 0.05) is 25.7 Å². The number of aliphatic hydroxyl groups excluding tert-OH is 1. The molecule has 0 aliphatic heterocycles. The number of phosphoric acid groups is 2. The van der Waals surface area contributed by atoms with Crippen molar-refractivity contribution in [3.8, 4) is 0 Å². The van der Waals surface area contributed by atoms with Gasteiger partial charge in [-0.3, -0.25) is 37.3 Å². The molecule has 0 heterocycles. The Balaban J connectivity index is 5.13. The monoisotopic (exact) mass is 1400 g/mol. The Morgan fingerprint density at radius 2 is 0.484 bits per heavy atom. The highest BCUT2D eigenvalue weighted by Gasteiger charge is 2.30. The van der Waals surface area contributed by atoms with Crippen molar-refractivity contribution >= 4 is 39.5 Å². The summed E-state index contributed by atoms with van der Waals surface area (Å²) < 4.78 is 68.3. The minimum absolute atomic E-state index is 0.102. The van der Waals surface area contributed by atoms with E-state index in [1.54, 1.807) is 0 Å². The molecule has 0 radical (unpaired) electrons. The van der Waals surface area contributed by atoms with Crippen LogP contribution in [0.2, 0.25) is 0 Å². The quantitative estimate of drug-likeness (QED) is 0.0222. The van der Waals surface area contributed by atoms with E-state index in [0.717, 1.165) is 103 Å². The van der Waals surface area contributed by atoms with Gasteiger partial charge in [-0.05, 0) is 31.6 Å². The minimum atomic E-state index is -4.96. The molecule has 0 aromatic carbocycles. The third kappa shape index (κ3) is 70.3. The molecule has 0 aliphatic rings. The second-order valence-corrected chi connectivity index (χ2v) is 30.8. The number of rotatable bonds is 76. The zero-order valence-electron chi connectivity index (χ0n) is 61.8. The molecule has 0 amide bonds. The number of unbranched alkanes of at least 4 members (excludes halogenated alkanes) is 48. The van der Waals surface area contributed by atoms with Crippen LogP contribution in [-0.4, -0.2) is 96.7 Å². The fourth-order valence-electron chi connectivity index (χ4n) is 11.7. The third-order valence-corrected chi connectivity index (χ3v) is 19.7. The van der Waals surface area contributed by atoms with Crippen LogP contribution in [0.4, 0.5) is 0 Å². The average molecular weight is 1400 g/mol.